The molecule has 1 atom stereocenters. The normalized spacial score (nSPS) is 11.8. The Labute approximate surface area is 90.6 Å². The molecule has 0 aromatic heterocycles. The minimum Gasteiger partial charge on any atom is -0.458 e. The van der Waals surface area contributed by atoms with Crippen LogP contribution in [0.4, 0.5) is 0 Å². The number of benzene rings is 1. The van der Waals surface area contributed by atoms with Crippen LogP contribution in [0.3, 0.4) is 0 Å². The van der Waals surface area contributed by atoms with Gasteiger partial charge >= 0.3 is 5.97 Å². The fourth-order valence-corrected chi connectivity index (χ4v) is 1.39. The Kier molecular flexibility index (Phi) is 4.61. The third-order valence-electron chi connectivity index (χ3n) is 2.14. The average Bonchev–Trinajstić information content (AvgIpc) is 2.25. The highest BCUT2D eigenvalue weighted by Gasteiger charge is 2.07. The molecule has 0 heterocycles. The van der Waals surface area contributed by atoms with Gasteiger partial charge in [-0.3, -0.25) is 4.79 Å². The first kappa shape index (κ1) is 11.5. The molecule has 0 fully saturated rings. The van der Waals surface area contributed by atoms with Crippen molar-refractivity contribution in [3.05, 3.63) is 48.6 Å². The number of rotatable bonds is 5. The topological polar surface area (TPSA) is 26.3 Å². The zero-order valence-corrected chi connectivity index (χ0v) is 8.98. The van der Waals surface area contributed by atoms with E-state index in [0.29, 0.717) is 0 Å². The van der Waals surface area contributed by atoms with Crippen LogP contribution in [-0.4, -0.2) is 12.1 Å². The summed E-state index contributed by atoms with van der Waals surface area (Å²) in [5, 5.41) is 0. The first-order valence-corrected chi connectivity index (χ1v) is 5.06. The molecule has 0 saturated heterocycles. The Balaban J connectivity index is 2.41. The molecule has 0 aliphatic rings. The van der Waals surface area contributed by atoms with Gasteiger partial charge in [0.1, 0.15) is 6.10 Å². The highest BCUT2D eigenvalue weighted by molar-refractivity contribution is 5.66. The summed E-state index contributed by atoms with van der Waals surface area (Å²) in [5.41, 5.74) is 1.25. The monoisotopic (exact) mass is 204 g/mol. The fourth-order valence-electron chi connectivity index (χ4n) is 1.39. The van der Waals surface area contributed by atoms with E-state index in [2.05, 4.69) is 18.7 Å². The molecular formula is C13H16O2. The van der Waals surface area contributed by atoms with Crippen molar-refractivity contribution in [2.24, 2.45) is 0 Å². The largest absolute Gasteiger partial charge is 0.458 e. The number of hydrogen-bond acceptors (Lipinski definition) is 2. The minimum atomic E-state index is -0.257. The van der Waals surface area contributed by atoms with E-state index in [1.807, 2.05) is 18.2 Å². The molecule has 0 radical (unpaired) electrons. The molecular weight excluding hydrogens is 188 g/mol. The lowest BCUT2D eigenvalue weighted by Gasteiger charge is -2.12. The zero-order valence-electron chi connectivity index (χ0n) is 8.98. The van der Waals surface area contributed by atoms with E-state index in [1.165, 1.54) is 12.5 Å². The van der Waals surface area contributed by atoms with Crippen molar-refractivity contribution in [3.8, 4) is 0 Å². The first-order valence-electron chi connectivity index (χ1n) is 5.06. The van der Waals surface area contributed by atoms with Gasteiger partial charge in [0.05, 0.1) is 0 Å². The van der Waals surface area contributed by atoms with Gasteiger partial charge in [0.15, 0.2) is 0 Å². The number of hydrogen-bond donors (Lipinski definition) is 0. The van der Waals surface area contributed by atoms with Crippen LogP contribution in [-0.2, 0) is 16.0 Å². The van der Waals surface area contributed by atoms with Gasteiger partial charge in [-0.1, -0.05) is 43.0 Å². The predicted octanol–water partition coefficient (Wildman–Crippen LogP) is 2.74. The summed E-state index contributed by atoms with van der Waals surface area (Å²) in [5.74, 6) is -0.257. The van der Waals surface area contributed by atoms with Crippen molar-refractivity contribution < 1.29 is 9.53 Å². The maximum atomic E-state index is 10.8. The van der Waals surface area contributed by atoms with Crippen molar-refractivity contribution >= 4 is 5.97 Å². The summed E-state index contributed by atoms with van der Waals surface area (Å²) >= 11 is 0. The predicted molar refractivity (Wildman–Crippen MR) is 60.5 cm³/mol. The number of ether oxygens (including phenoxy) is 1. The van der Waals surface area contributed by atoms with Gasteiger partial charge in [0.25, 0.3) is 0 Å². The van der Waals surface area contributed by atoms with E-state index in [4.69, 9.17) is 4.74 Å². The van der Waals surface area contributed by atoms with E-state index in [1.54, 1.807) is 6.08 Å². The molecule has 2 nitrogen and oxygen atoms in total. The summed E-state index contributed by atoms with van der Waals surface area (Å²) in [6.45, 7) is 5.06. The van der Waals surface area contributed by atoms with Crippen LogP contribution >= 0.6 is 0 Å². The summed E-state index contributed by atoms with van der Waals surface area (Å²) in [7, 11) is 0. The van der Waals surface area contributed by atoms with Gasteiger partial charge in [-0.05, 0) is 18.4 Å². The molecule has 0 unspecified atom stereocenters. The number of carbonyl (C=O) groups excluding carboxylic acids is 1. The van der Waals surface area contributed by atoms with Crippen LogP contribution in [0.2, 0.25) is 0 Å². The molecule has 1 aromatic rings. The maximum Gasteiger partial charge on any atom is 0.303 e. The standard InChI is InChI=1S/C13H16O2/c1-3-13(15-11(2)14)10-9-12-7-5-4-6-8-12/h3-8,13H,1,9-10H2,2H3/t13-/m1/s1. The Hall–Kier alpha value is -1.57. The molecule has 0 bridgehead atoms. The quantitative estimate of drug-likeness (QED) is 0.544. The Morgan fingerprint density at radius 1 is 1.47 bits per heavy atom. The van der Waals surface area contributed by atoms with Crippen molar-refractivity contribution in [3.63, 3.8) is 0 Å². The number of aryl methyl sites for hydroxylation is 1. The minimum absolute atomic E-state index is 0.178. The van der Waals surface area contributed by atoms with Crippen LogP contribution in [0.5, 0.6) is 0 Å². The molecule has 80 valence electrons. The molecule has 1 rings (SSSR count). The van der Waals surface area contributed by atoms with Crippen molar-refractivity contribution in [1.29, 1.82) is 0 Å². The molecule has 0 spiro atoms. The summed E-state index contributed by atoms with van der Waals surface area (Å²) in [6.07, 6.45) is 3.17. The highest BCUT2D eigenvalue weighted by Crippen LogP contribution is 2.08. The van der Waals surface area contributed by atoms with E-state index in [9.17, 15) is 4.79 Å². The average molecular weight is 204 g/mol. The van der Waals surface area contributed by atoms with Gasteiger partial charge in [-0.15, -0.1) is 0 Å². The van der Waals surface area contributed by atoms with Gasteiger partial charge < -0.3 is 4.74 Å². The number of esters is 1. The Morgan fingerprint density at radius 3 is 2.67 bits per heavy atom. The summed E-state index contributed by atoms with van der Waals surface area (Å²) < 4.78 is 5.06. The second-order valence-corrected chi connectivity index (χ2v) is 3.41. The van der Waals surface area contributed by atoms with E-state index < -0.39 is 0 Å². The van der Waals surface area contributed by atoms with Crippen LogP contribution in [0.15, 0.2) is 43.0 Å². The lowest BCUT2D eigenvalue weighted by Crippen LogP contribution is -2.14. The lowest BCUT2D eigenvalue weighted by atomic mass is 10.1. The van der Waals surface area contributed by atoms with Gasteiger partial charge in [-0.2, -0.15) is 0 Å². The van der Waals surface area contributed by atoms with Crippen molar-refractivity contribution in [2.45, 2.75) is 25.9 Å². The molecule has 0 saturated carbocycles. The van der Waals surface area contributed by atoms with Crippen molar-refractivity contribution in [1.82, 2.24) is 0 Å². The zero-order chi connectivity index (χ0) is 11.1. The number of carbonyl (C=O) groups is 1. The van der Waals surface area contributed by atoms with Crippen molar-refractivity contribution in [2.75, 3.05) is 0 Å². The summed E-state index contributed by atoms with van der Waals surface area (Å²) in [6, 6.07) is 10.1. The second kappa shape index (κ2) is 6.02. The Bertz CT molecular complexity index is 317. The van der Waals surface area contributed by atoms with Gasteiger partial charge in [0.2, 0.25) is 0 Å². The first-order chi connectivity index (χ1) is 7.22. The molecule has 0 aliphatic carbocycles. The van der Waals surface area contributed by atoms with Gasteiger partial charge in [0, 0.05) is 6.92 Å². The second-order valence-electron chi connectivity index (χ2n) is 3.41. The lowest BCUT2D eigenvalue weighted by molar-refractivity contribution is -0.144. The molecule has 2 heteroatoms. The molecule has 0 amide bonds. The smallest absolute Gasteiger partial charge is 0.303 e. The van der Waals surface area contributed by atoms with Crippen LogP contribution in [0, 0.1) is 0 Å². The molecule has 1 aromatic carbocycles. The van der Waals surface area contributed by atoms with E-state index in [-0.39, 0.29) is 12.1 Å². The van der Waals surface area contributed by atoms with E-state index >= 15 is 0 Å². The van der Waals surface area contributed by atoms with Crippen LogP contribution in [0.1, 0.15) is 18.9 Å². The third-order valence-corrected chi connectivity index (χ3v) is 2.14. The maximum absolute atomic E-state index is 10.8. The van der Waals surface area contributed by atoms with Gasteiger partial charge in [-0.25, -0.2) is 0 Å². The SMILES string of the molecule is C=C[C@H](CCc1ccccc1)OC(C)=O. The van der Waals surface area contributed by atoms with Crippen LogP contribution < -0.4 is 0 Å². The fraction of sp³-hybridized carbons (Fsp3) is 0.308. The summed E-state index contributed by atoms with van der Waals surface area (Å²) in [4.78, 5) is 10.8. The van der Waals surface area contributed by atoms with Crippen LogP contribution in [0.25, 0.3) is 0 Å². The van der Waals surface area contributed by atoms with E-state index in [0.717, 1.165) is 12.8 Å². The highest BCUT2D eigenvalue weighted by atomic mass is 16.5. The molecule has 0 aliphatic heterocycles. The molecule has 0 N–H and O–H groups in total. The Morgan fingerprint density at radius 2 is 2.13 bits per heavy atom. The third kappa shape index (κ3) is 4.45. The molecule has 15 heavy (non-hydrogen) atoms.